The number of hydrogen-bond acceptors (Lipinski definition) is 7. The van der Waals surface area contributed by atoms with E-state index in [0.29, 0.717) is 11.8 Å². The summed E-state index contributed by atoms with van der Waals surface area (Å²) in [5.74, 6) is 0.443. The van der Waals surface area contributed by atoms with Crippen molar-refractivity contribution in [1.82, 2.24) is 20.0 Å². The largest absolute Gasteiger partial charge is 0.455 e. The number of fused-ring (bicyclic) bond motifs is 1. The van der Waals surface area contributed by atoms with Crippen molar-refractivity contribution >= 4 is 5.82 Å². The van der Waals surface area contributed by atoms with Gasteiger partial charge in [-0.1, -0.05) is 11.2 Å². The Morgan fingerprint density at radius 1 is 1.25 bits per heavy atom. The van der Waals surface area contributed by atoms with E-state index < -0.39 is 12.0 Å². The second-order valence-corrected chi connectivity index (χ2v) is 7.44. The standard InChI is InChI=1S/C18H22F3N5O2/c1-27-14-7-12-9-26(10-16-24-17(25-28-16)18(19,20)21)8-11(12)6-13(14)23-15-4-2-3-5-22-15/h2-5,11-14H,6-10H2,1H3,(H,22,23)/t11-,12+,13-,14-/m1/s1. The van der Waals surface area contributed by atoms with Gasteiger partial charge in [0, 0.05) is 26.4 Å². The minimum atomic E-state index is -4.59. The molecule has 0 amide bonds. The van der Waals surface area contributed by atoms with Crippen LogP contribution in [0.4, 0.5) is 19.0 Å². The molecule has 0 spiro atoms. The Labute approximate surface area is 160 Å². The van der Waals surface area contributed by atoms with Crippen molar-refractivity contribution in [1.29, 1.82) is 0 Å². The summed E-state index contributed by atoms with van der Waals surface area (Å²) in [5, 5.41) is 6.49. The van der Waals surface area contributed by atoms with Crippen molar-refractivity contribution in [2.45, 2.75) is 37.7 Å². The summed E-state index contributed by atoms with van der Waals surface area (Å²) in [6, 6.07) is 5.86. The van der Waals surface area contributed by atoms with Gasteiger partial charge in [-0.15, -0.1) is 0 Å². The van der Waals surface area contributed by atoms with Gasteiger partial charge in [0.2, 0.25) is 5.89 Å². The summed E-state index contributed by atoms with van der Waals surface area (Å²) < 4.78 is 48.4. The van der Waals surface area contributed by atoms with E-state index in [4.69, 9.17) is 9.26 Å². The van der Waals surface area contributed by atoms with Gasteiger partial charge in [-0.2, -0.15) is 18.2 Å². The number of nitrogens with one attached hydrogen (secondary N) is 1. The molecule has 1 aliphatic heterocycles. The Hall–Kier alpha value is -2.20. The molecule has 1 saturated heterocycles. The number of halogens is 3. The third-order valence-corrected chi connectivity index (χ3v) is 5.57. The third-order valence-electron chi connectivity index (χ3n) is 5.57. The topological polar surface area (TPSA) is 76.3 Å². The first kappa shape index (κ1) is 19.1. The Kier molecular flexibility index (Phi) is 5.24. The number of hydrogen-bond donors (Lipinski definition) is 1. The van der Waals surface area contributed by atoms with Crippen LogP contribution in [0, 0.1) is 11.8 Å². The van der Waals surface area contributed by atoms with Crippen LogP contribution >= 0.6 is 0 Å². The van der Waals surface area contributed by atoms with Gasteiger partial charge in [-0.25, -0.2) is 4.98 Å². The highest BCUT2D eigenvalue weighted by Gasteiger charge is 2.43. The Morgan fingerprint density at radius 3 is 2.68 bits per heavy atom. The second-order valence-electron chi connectivity index (χ2n) is 7.44. The molecule has 4 atom stereocenters. The predicted octanol–water partition coefficient (Wildman–Crippen LogP) is 2.82. The number of alkyl halides is 3. The molecule has 3 heterocycles. The number of anilines is 1. The van der Waals surface area contributed by atoms with E-state index >= 15 is 0 Å². The lowest BCUT2D eigenvalue weighted by atomic mass is 9.77. The van der Waals surface area contributed by atoms with E-state index in [-0.39, 0.29) is 24.6 Å². The van der Waals surface area contributed by atoms with Crippen LogP contribution in [0.15, 0.2) is 28.9 Å². The Balaban J connectivity index is 1.38. The molecule has 1 aliphatic carbocycles. The number of methoxy groups -OCH3 is 1. The van der Waals surface area contributed by atoms with Crippen molar-refractivity contribution < 1.29 is 22.4 Å². The van der Waals surface area contributed by atoms with Crippen LogP contribution in [0.25, 0.3) is 0 Å². The molecular formula is C18H22F3N5O2. The minimum absolute atomic E-state index is 0.00239. The highest BCUT2D eigenvalue weighted by atomic mass is 19.4. The van der Waals surface area contributed by atoms with E-state index in [0.717, 1.165) is 31.7 Å². The van der Waals surface area contributed by atoms with Crippen LogP contribution < -0.4 is 5.32 Å². The van der Waals surface area contributed by atoms with Gasteiger partial charge in [0.1, 0.15) is 5.82 Å². The predicted molar refractivity (Wildman–Crippen MR) is 93.2 cm³/mol. The molecule has 0 aromatic carbocycles. The maximum absolute atomic E-state index is 12.6. The molecule has 0 radical (unpaired) electrons. The van der Waals surface area contributed by atoms with Gasteiger partial charge < -0.3 is 14.6 Å². The first-order valence-corrected chi connectivity index (χ1v) is 9.25. The van der Waals surface area contributed by atoms with Gasteiger partial charge in [-0.05, 0) is 36.8 Å². The maximum Gasteiger partial charge on any atom is 0.455 e. The van der Waals surface area contributed by atoms with Crippen LogP contribution in [0.5, 0.6) is 0 Å². The zero-order valence-electron chi connectivity index (χ0n) is 15.4. The number of pyridine rings is 1. The molecule has 1 N–H and O–H groups in total. The highest BCUT2D eigenvalue weighted by Crippen LogP contribution is 2.39. The monoisotopic (exact) mass is 397 g/mol. The van der Waals surface area contributed by atoms with Crippen molar-refractivity contribution in [3.05, 3.63) is 36.1 Å². The molecule has 152 valence electrons. The molecule has 0 bridgehead atoms. The van der Waals surface area contributed by atoms with Gasteiger partial charge >= 0.3 is 6.18 Å². The summed E-state index contributed by atoms with van der Waals surface area (Å²) in [4.78, 5) is 9.88. The lowest BCUT2D eigenvalue weighted by Crippen LogP contribution is -2.44. The van der Waals surface area contributed by atoms with Crippen LogP contribution in [0.1, 0.15) is 24.6 Å². The zero-order valence-corrected chi connectivity index (χ0v) is 15.4. The fourth-order valence-electron chi connectivity index (χ4n) is 4.32. The Morgan fingerprint density at radius 2 is 2.04 bits per heavy atom. The van der Waals surface area contributed by atoms with Gasteiger partial charge in [-0.3, -0.25) is 4.90 Å². The van der Waals surface area contributed by atoms with E-state index in [2.05, 4.69) is 25.3 Å². The molecular weight excluding hydrogens is 375 g/mol. The van der Waals surface area contributed by atoms with E-state index in [1.54, 1.807) is 13.3 Å². The van der Waals surface area contributed by atoms with Crippen LogP contribution in [0.3, 0.4) is 0 Å². The molecule has 1 saturated carbocycles. The average Bonchev–Trinajstić information content (AvgIpc) is 3.28. The van der Waals surface area contributed by atoms with Gasteiger partial charge in [0.25, 0.3) is 5.82 Å². The van der Waals surface area contributed by atoms with Crippen LogP contribution in [-0.2, 0) is 17.5 Å². The number of aromatic nitrogens is 3. The zero-order chi connectivity index (χ0) is 19.7. The summed E-state index contributed by atoms with van der Waals surface area (Å²) in [6.45, 7) is 1.79. The fraction of sp³-hybridized carbons (Fsp3) is 0.611. The minimum Gasteiger partial charge on any atom is -0.379 e. The second kappa shape index (κ2) is 7.67. The molecule has 0 unspecified atom stereocenters. The van der Waals surface area contributed by atoms with E-state index in [9.17, 15) is 13.2 Å². The smallest absolute Gasteiger partial charge is 0.379 e. The van der Waals surface area contributed by atoms with Crippen LogP contribution in [0.2, 0.25) is 0 Å². The maximum atomic E-state index is 12.6. The third kappa shape index (κ3) is 4.12. The first-order chi connectivity index (χ1) is 13.4. The van der Waals surface area contributed by atoms with Crippen molar-refractivity contribution in [3.63, 3.8) is 0 Å². The summed E-state index contributed by atoms with van der Waals surface area (Å²) in [6.07, 6.45) is -0.986. The summed E-state index contributed by atoms with van der Waals surface area (Å²) in [5.41, 5.74) is 0. The van der Waals surface area contributed by atoms with Gasteiger partial charge in [0.05, 0.1) is 18.7 Å². The van der Waals surface area contributed by atoms with E-state index in [1.807, 2.05) is 18.2 Å². The molecule has 2 fully saturated rings. The normalized spacial score (nSPS) is 28.3. The lowest BCUT2D eigenvalue weighted by Gasteiger charge is -2.37. The molecule has 2 aromatic rings. The molecule has 28 heavy (non-hydrogen) atoms. The molecule has 7 nitrogen and oxygen atoms in total. The average molecular weight is 397 g/mol. The number of rotatable bonds is 5. The lowest BCUT2D eigenvalue weighted by molar-refractivity contribution is -0.146. The van der Waals surface area contributed by atoms with Crippen molar-refractivity contribution in [2.75, 3.05) is 25.5 Å². The fourth-order valence-corrected chi connectivity index (χ4v) is 4.32. The first-order valence-electron chi connectivity index (χ1n) is 9.25. The molecule has 2 aromatic heterocycles. The molecule has 2 aliphatic rings. The summed E-state index contributed by atoms with van der Waals surface area (Å²) >= 11 is 0. The summed E-state index contributed by atoms with van der Waals surface area (Å²) in [7, 11) is 1.71. The van der Waals surface area contributed by atoms with Crippen molar-refractivity contribution in [2.24, 2.45) is 11.8 Å². The molecule has 10 heteroatoms. The van der Waals surface area contributed by atoms with Crippen LogP contribution in [-0.4, -0.2) is 52.4 Å². The quantitative estimate of drug-likeness (QED) is 0.831. The van der Waals surface area contributed by atoms with Crippen molar-refractivity contribution in [3.8, 4) is 0 Å². The molecule has 4 rings (SSSR count). The highest BCUT2D eigenvalue weighted by molar-refractivity contribution is 5.35. The van der Waals surface area contributed by atoms with Gasteiger partial charge in [0.15, 0.2) is 0 Å². The SMILES string of the molecule is CO[C@@H]1C[C@H]2CN(Cc3nc(C(F)(F)F)no3)C[C@H]2C[C@H]1Nc1ccccn1. The van der Waals surface area contributed by atoms with E-state index in [1.165, 1.54) is 0 Å². The number of likely N-dealkylation sites (tertiary alicyclic amines) is 1. The number of ether oxygens (including phenoxy) is 1. The Bertz CT molecular complexity index is 785. The number of nitrogens with zero attached hydrogens (tertiary/aromatic N) is 4.